The summed E-state index contributed by atoms with van der Waals surface area (Å²) in [6.07, 6.45) is 1.40. The molecule has 0 spiro atoms. The van der Waals surface area contributed by atoms with Gasteiger partial charge in [-0.05, 0) is 6.07 Å². The Labute approximate surface area is 70.0 Å². The summed E-state index contributed by atoms with van der Waals surface area (Å²) in [5.74, 6) is 0.00386. The van der Waals surface area contributed by atoms with Crippen molar-refractivity contribution in [3.8, 4) is 5.88 Å². The average Bonchev–Trinajstić information content (AvgIpc) is 1.94. The van der Waals surface area contributed by atoms with Crippen molar-refractivity contribution in [2.45, 2.75) is 13.1 Å². The van der Waals surface area contributed by atoms with Crippen LogP contribution in [0.4, 0.5) is 0 Å². The van der Waals surface area contributed by atoms with Crippen LogP contribution >= 0.6 is 11.6 Å². The van der Waals surface area contributed by atoms with Gasteiger partial charge in [-0.2, -0.15) is 0 Å². The first-order valence-corrected chi connectivity index (χ1v) is 3.65. The number of hydrogen-bond donors (Lipinski definition) is 2. The van der Waals surface area contributed by atoms with Crippen LogP contribution in [0.3, 0.4) is 0 Å². The molecular weight excluding hydrogens is 164 g/mol. The maximum atomic E-state index is 9.32. The van der Waals surface area contributed by atoms with Gasteiger partial charge in [0.25, 0.3) is 0 Å². The first kappa shape index (κ1) is 8.30. The van der Waals surface area contributed by atoms with E-state index < -0.39 is 0 Å². The zero-order chi connectivity index (χ0) is 8.43. The lowest BCUT2D eigenvalue weighted by atomic mass is 10.4. The molecule has 0 amide bonds. The topological polar surface area (TPSA) is 50.1 Å². The zero-order valence-corrected chi connectivity index (χ0v) is 6.92. The van der Waals surface area contributed by atoms with Crippen molar-refractivity contribution in [2.24, 2.45) is 5.73 Å². The standard InChI is InChI=1S/C7H9ClN2O/c1-5(9)10-4-2-3-6(8)7(10)11/h2-5H,9H2,1H3/p+1. The number of nitrogens with two attached hydrogens (primary N) is 1. The van der Waals surface area contributed by atoms with Crippen LogP contribution < -0.4 is 10.3 Å². The summed E-state index contributed by atoms with van der Waals surface area (Å²) in [6.45, 7) is 1.76. The molecule has 3 nitrogen and oxygen atoms in total. The second-order valence-corrected chi connectivity index (χ2v) is 2.73. The maximum Gasteiger partial charge on any atom is 0.385 e. The van der Waals surface area contributed by atoms with Gasteiger partial charge in [0.1, 0.15) is 0 Å². The Morgan fingerprint density at radius 1 is 1.73 bits per heavy atom. The Morgan fingerprint density at radius 3 is 2.82 bits per heavy atom. The van der Waals surface area contributed by atoms with Gasteiger partial charge >= 0.3 is 5.88 Å². The van der Waals surface area contributed by atoms with Crippen LogP contribution in [0.25, 0.3) is 0 Å². The fraction of sp³-hybridized carbons (Fsp3) is 0.286. The predicted molar refractivity (Wildman–Crippen MR) is 42.2 cm³/mol. The van der Waals surface area contributed by atoms with E-state index in [4.69, 9.17) is 17.3 Å². The second kappa shape index (κ2) is 3.07. The molecule has 60 valence electrons. The average molecular weight is 174 g/mol. The fourth-order valence-corrected chi connectivity index (χ4v) is 0.988. The third-order valence-electron chi connectivity index (χ3n) is 1.39. The Hall–Kier alpha value is -0.800. The van der Waals surface area contributed by atoms with Crippen molar-refractivity contribution in [1.82, 2.24) is 0 Å². The second-order valence-electron chi connectivity index (χ2n) is 2.33. The van der Waals surface area contributed by atoms with E-state index in [1.807, 2.05) is 0 Å². The molecule has 0 saturated heterocycles. The number of halogens is 1. The summed E-state index contributed by atoms with van der Waals surface area (Å²) < 4.78 is 1.49. The van der Waals surface area contributed by atoms with Crippen LogP contribution in [-0.4, -0.2) is 5.11 Å². The van der Waals surface area contributed by atoms with E-state index in [1.165, 1.54) is 4.57 Å². The monoisotopic (exact) mass is 173 g/mol. The predicted octanol–water partition coefficient (Wildman–Crippen LogP) is 0.810. The van der Waals surface area contributed by atoms with Gasteiger partial charge in [-0.1, -0.05) is 11.6 Å². The minimum Gasteiger partial charge on any atom is -0.459 e. The lowest BCUT2D eigenvalue weighted by Gasteiger charge is -2.01. The van der Waals surface area contributed by atoms with Crippen molar-refractivity contribution >= 4 is 11.6 Å². The first-order chi connectivity index (χ1) is 5.13. The van der Waals surface area contributed by atoms with E-state index in [2.05, 4.69) is 0 Å². The number of hydrogen-bond acceptors (Lipinski definition) is 2. The van der Waals surface area contributed by atoms with Crippen molar-refractivity contribution in [3.05, 3.63) is 23.4 Å². The van der Waals surface area contributed by atoms with Gasteiger partial charge in [0.05, 0.1) is 0 Å². The van der Waals surface area contributed by atoms with Gasteiger partial charge in [0.15, 0.2) is 11.2 Å². The number of pyridine rings is 1. The highest BCUT2D eigenvalue weighted by Crippen LogP contribution is 2.17. The number of rotatable bonds is 1. The number of aromatic nitrogens is 1. The molecule has 0 bridgehead atoms. The molecule has 3 N–H and O–H groups in total. The summed E-state index contributed by atoms with van der Waals surface area (Å²) in [4.78, 5) is 0. The van der Waals surface area contributed by atoms with Gasteiger partial charge in [0, 0.05) is 13.0 Å². The van der Waals surface area contributed by atoms with Crippen LogP contribution in [0.15, 0.2) is 18.3 Å². The molecule has 0 fully saturated rings. The van der Waals surface area contributed by atoms with Crippen LogP contribution in [0.5, 0.6) is 5.88 Å². The van der Waals surface area contributed by atoms with Gasteiger partial charge in [-0.3, -0.25) is 5.73 Å². The Balaban J connectivity index is 3.17. The van der Waals surface area contributed by atoms with E-state index in [9.17, 15) is 5.11 Å². The molecule has 0 radical (unpaired) electrons. The molecular formula is C7H10ClN2O+. The molecule has 1 atom stereocenters. The number of nitrogens with zero attached hydrogens (tertiary/aromatic N) is 1. The molecule has 1 aromatic heterocycles. The third-order valence-corrected chi connectivity index (χ3v) is 1.68. The third kappa shape index (κ3) is 1.61. The largest absolute Gasteiger partial charge is 0.459 e. The van der Waals surface area contributed by atoms with Crippen LogP contribution in [0, 0.1) is 0 Å². The minimum atomic E-state index is -0.270. The van der Waals surface area contributed by atoms with Crippen molar-refractivity contribution in [1.29, 1.82) is 0 Å². The van der Waals surface area contributed by atoms with Crippen molar-refractivity contribution in [3.63, 3.8) is 0 Å². The molecule has 1 rings (SSSR count). The Morgan fingerprint density at radius 2 is 2.36 bits per heavy atom. The molecule has 0 aliphatic rings. The molecule has 0 aliphatic heterocycles. The molecule has 1 aromatic rings. The van der Waals surface area contributed by atoms with Crippen LogP contribution in [-0.2, 0) is 0 Å². The van der Waals surface area contributed by atoms with E-state index >= 15 is 0 Å². The first-order valence-electron chi connectivity index (χ1n) is 3.27. The Kier molecular flexibility index (Phi) is 2.31. The SMILES string of the molecule is CC(N)[n+]1cccc(Cl)c1O. The van der Waals surface area contributed by atoms with E-state index in [-0.39, 0.29) is 12.0 Å². The van der Waals surface area contributed by atoms with Gasteiger partial charge in [-0.15, -0.1) is 4.57 Å². The molecule has 11 heavy (non-hydrogen) atoms. The van der Waals surface area contributed by atoms with E-state index in [0.717, 1.165) is 0 Å². The van der Waals surface area contributed by atoms with E-state index in [0.29, 0.717) is 5.02 Å². The zero-order valence-electron chi connectivity index (χ0n) is 6.16. The molecule has 4 heteroatoms. The van der Waals surface area contributed by atoms with Gasteiger partial charge in [-0.25, -0.2) is 0 Å². The maximum absolute atomic E-state index is 9.32. The molecule has 0 saturated carbocycles. The molecule has 1 heterocycles. The van der Waals surface area contributed by atoms with E-state index in [1.54, 1.807) is 25.3 Å². The van der Waals surface area contributed by atoms with Crippen LogP contribution in [0.2, 0.25) is 5.02 Å². The summed E-state index contributed by atoms with van der Waals surface area (Å²) in [5, 5.41) is 9.63. The summed E-state index contributed by atoms with van der Waals surface area (Å²) in [6, 6.07) is 3.33. The van der Waals surface area contributed by atoms with Crippen molar-refractivity contribution < 1.29 is 9.67 Å². The highest BCUT2D eigenvalue weighted by molar-refractivity contribution is 6.31. The van der Waals surface area contributed by atoms with Gasteiger partial charge < -0.3 is 5.11 Å². The number of aromatic hydroxyl groups is 1. The smallest absolute Gasteiger partial charge is 0.385 e. The minimum absolute atomic E-state index is 0.00386. The highest BCUT2D eigenvalue weighted by atomic mass is 35.5. The van der Waals surface area contributed by atoms with Crippen molar-refractivity contribution in [2.75, 3.05) is 0 Å². The molecule has 0 aromatic carbocycles. The fourth-order valence-electron chi connectivity index (χ4n) is 0.817. The highest BCUT2D eigenvalue weighted by Gasteiger charge is 2.15. The molecule has 1 unspecified atom stereocenters. The normalized spacial score (nSPS) is 13.0. The molecule has 0 aliphatic carbocycles. The summed E-state index contributed by atoms with van der Waals surface area (Å²) >= 11 is 5.63. The summed E-state index contributed by atoms with van der Waals surface area (Å²) in [5.41, 5.74) is 5.53. The Bertz CT molecular complexity index is 263. The lowest BCUT2D eigenvalue weighted by Crippen LogP contribution is -2.42. The van der Waals surface area contributed by atoms with Crippen LogP contribution in [0.1, 0.15) is 13.1 Å². The quantitative estimate of drug-likeness (QED) is 0.618. The summed E-state index contributed by atoms with van der Waals surface area (Å²) in [7, 11) is 0. The lowest BCUT2D eigenvalue weighted by molar-refractivity contribution is -0.723. The van der Waals surface area contributed by atoms with Gasteiger partial charge in [0.2, 0.25) is 6.17 Å².